The summed E-state index contributed by atoms with van der Waals surface area (Å²) in [5, 5.41) is 0. The molecule has 0 saturated heterocycles. The predicted octanol–water partition coefficient (Wildman–Crippen LogP) is 6.12. The van der Waals surface area contributed by atoms with Gasteiger partial charge in [0, 0.05) is 39.1 Å². The van der Waals surface area contributed by atoms with Crippen molar-refractivity contribution in [3.63, 3.8) is 0 Å². The average molecular weight is 475 g/mol. The summed E-state index contributed by atoms with van der Waals surface area (Å²) >= 11 is 2.17. The molecule has 0 radical (unpaired) electrons. The van der Waals surface area contributed by atoms with Gasteiger partial charge in [-0.1, -0.05) is 80.6 Å². The summed E-state index contributed by atoms with van der Waals surface area (Å²) < 4.78 is 0.699. The van der Waals surface area contributed by atoms with Crippen molar-refractivity contribution in [3.8, 4) is 33.9 Å². The lowest BCUT2D eigenvalue weighted by molar-refractivity contribution is 0.660. The van der Waals surface area contributed by atoms with E-state index in [1.165, 1.54) is 22.3 Å². The fourth-order valence-corrected chi connectivity index (χ4v) is 4.50. The predicted molar refractivity (Wildman–Crippen MR) is 121 cm³/mol. The maximum absolute atomic E-state index is 4.77. The molecule has 0 amide bonds. The van der Waals surface area contributed by atoms with E-state index >= 15 is 0 Å². The minimum atomic E-state index is -0.0373. The van der Waals surface area contributed by atoms with Gasteiger partial charge in [0.05, 0.1) is 0 Å². The Morgan fingerprint density at radius 2 is 1.29 bits per heavy atom. The number of rotatable bonds is 2. The zero-order valence-corrected chi connectivity index (χ0v) is 17.8. The van der Waals surface area contributed by atoms with Crippen molar-refractivity contribution in [2.45, 2.75) is 19.3 Å². The van der Waals surface area contributed by atoms with Crippen molar-refractivity contribution in [1.82, 2.24) is 15.0 Å². The van der Waals surface area contributed by atoms with Crippen LogP contribution in [0.15, 0.2) is 72.8 Å². The first-order chi connectivity index (χ1) is 13.5. The van der Waals surface area contributed by atoms with E-state index in [0.29, 0.717) is 15.5 Å². The molecule has 4 aromatic rings. The molecule has 0 aliphatic heterocycles. The van der Waals surface area contributed by atoms with Crippen LogP contribution in [0, 0.1) is 3.83 Å². The highest BCUT2D eigenvalue weighted by molar-refractivity contribution is 14.1. The SMILES string of the molecule is CC1(C)c2ccccc2-c2ccc(-c3nc(I)nc(-c4ccccc4)n3)cc21. The number of halogens is 1. The van der Waals surface area contributed by atoms with Gasteiger partial charge in [-0.05, 0) is 28.3 Å². The zero-order chi connectivity index (χ0) is 19.3. The fraction of sp³-hybridized carbons (Fsp3) is 0.125. The van der Waals surface area contributed by atoms with Crippen molar-refractivity contribution in [1.29, 1.82) is 0 Å². The third kappa shape index (κ3) is 2.75. The highest BCUT2D eigenvalue weighted by Gasteiger charge is 2.35. The highest BCUT2D eigenvalue weighted by atomic mass is 127. The van der Waals surface area contributed by atoms with Crippen LogP contribution < -0.4 is 0 Å². The van der Waals surface area contributed by atoms with Gasteiger partial charge in [0.2, 0.25) is 0 Å². The number of aromatic nitrogens is 3. The van der Waals surface area contributed by atoms with Gasteiger partial charge in [-0.2, -0.15) is 0 Å². The van der Waals surface area contributed by atoms with Gasteiger partial charge >= 0.3 is 0 Å². The van der Waals surface area contributed by atoms with E-state index in [1.807, 2.05) is 30.3 Å². The summed E-state index contributed by atoms with van der Waals surface area (Å²) in [6.45, 7) is 4.57. The first-order valence-corrected chi connectivity index (χ1v) is 10.3. The zero-order valence-electron chi connectivity index (χ0n) is 15.6. The van der Waals surface area contributed by atoms with Crippen molar-refractivity contribution in [2.75, 3.05) is 0 Å². The lowest BCUT2D eigenvalue weighted by Gasteiger charge is -2.21. The first-order valence-electron chi connectivity index (χ1n) is 9.26. The van der Waals surface area contributed by atoms with Gasteiger partial charge in [0.1, 0.15) is 0 Å². The molecule has 1 heterocycles. The monoisotopic (exact) mass is 475 g/mol. The molecule has 0 spiro atoms. The van der Waals surface area contributed by atoms with Gasteiger partial charge in [0.15, 0.2) is 15.5 Å². The summed E-state index contributed by atoms with van der Waals surface area (Å²) in [7, 11) is 0. The third-order valence-electron chi connectivity index (χ3n) is 5.48. The number of benzene rings is 3. The standard InChI is InChI=1S/C24H18IN3/c1-24(2)19-11-7-6-10-17(19)18-13-12-16(14-20(18)24)22-26-21(27-23(25)28-22)15-8-4-3-5-9-15/h3-14H,1-2H3. The summed E-state index contributed by atoms with van der Waals surface area (Å²) in [6.07, 6.45) is 0. The first kappa shape index (κ1) is 17.5. The van der Waals surface area contributed by atoms with Crippen molar-refractivity contribution in [3.05, 3.63) is 87.8 Å². The molecule has 1 aliphatic rings. The maximum Gasteiger partial charge on any atom is 0.194 e. The Morgan fingerprint density at radius 1 is 0.643 bits per heavy atom. The molecule has 4 heteroatoms. The lowest BCUT2D eigenvalue weighted by Crippen LogP contribution is -2.15. The Bertz CT molecular complexity index is 1200. The maximum atomic E-state index is 4.77. The molecule has 0 saturated carbocycles. The van der Waals surface area contributed by atoms with Crippen LogP contribution in [0.3, 0.4) is 0 Å². The third-order valence-corrected chi connectivity index (χ3v) is 5.96. The molecule has 1 aromatic heterocycles. The van der Waals surface area contributed by atoms with E-state index in [-0.39, 0.29) is 5.41 Å². The van der Waals surface area contributed by atoms with E-state index in [9.17, 15) is 0 Å². The van der Waals surface area contributed by atoms with Crippen LogP contribution in [0.2, 0.25) is 0 Å². The Kier molecular flexibility index (Phi) is 4.05. The van der Waals surface area contributed by atoms with Crippen LogP contribution in [0.4, 0.5) is 0 Å². The van der Waals surface area contributed by atoms with Gasteiger partial charge in [-0.3, -0.25) is 0 Å². The minimum Gasteiger partial charge on any atom is -0.208 e. The molecule has 0 N–H and O–H groups in total. The molecule has 28 heavy (non-hydrogen) atoms. The average Bonchev–Trinajstić information content (AvgIpc) is 2.95. The van der Waals surface area contributed by atoms with E-state index < -0.39 is 0 Å². The minimum absolute atomic E-state index is 0.0373. The fourth-order valence-electron chi connectivity index (χ4n) is 4.04. The van der Waals surface area contributed by atoms with Crippen LogP contribution in [0.1, 0.15) is 25.0 Å². The van der Waals surface area contributed by atoms with Crippen molar-refractivity contribution >= 4 is 22.6 Å². The van der Waals surface area contributed by atoms with E-state index in [0.717, 1.165) is 11.1 Å². The van der Waals surface area contributed by atoms with Crippen LogP contribution in [0.5, 0.6) is 0 Å². The van der Waals surface area contributed by atoms with Crippen LogP contribution >= 0.6 is 22.6 Å². The summed E-state index contributed by atoms with van der Waals surface area (Å²) in [4.78, 5) is 13.9. The number of hydrogen-bond acceptors (Lipinski definition) is 3. The van der Waals surface area contributed by atoms with Gasteiger partial charge in [-0.15, -0.1) is 0 Å². The molecule has 0 bridgehead atoms. The molecule has 0 unspecified atom stereocenters. The van der Waals surface area contributed by atoms with Crippen LogP contribution in [-0.4, -0.2) is 15.0 Å². The Morgan fingerprint density at radius 3 is 2.07 bits per heavy atom. The van der Waals surface area contributed by atoms with E-state index in [4.69, 9.17) is 4.98 Å². The molecule has 0 atom stereocenters. The number of nitrogens with zero attached hydrogens (tertiary/aromatic N) is 3. The summed E-state index contributed by atoms with van der Waals surface area (Å²) in [5.74, 6) is 1.42. The molecule has 136 valence electrons. The highest BCUT2D eigenvalue weighted by Crippen LogP contribution is 2.49. The molecular weight excluding hydrogens is 457 g/mol. The Balaban J connectivity index is 1.65. The van der Waals surface area contributed by atoms with E-state index in [1.54, 1.807) is 0 Å². The number of hydrogen-bond donors (Lipinski definition) is 0. The van der Waals surface area contributed by atoms with E-state index in [2.05, 4.69) is 88.9 Å². The Labute approximate surface area is 178 Å². The molecule has 1 aliphatic carbocycles. The van der Waals surface area contributed by atoms with Crippen molar-refractivity contribution < 1.29 is 0 Å². The molecule has 5 rings (SSSR count). The molecule has 3 nitrogen and oxygen atoms in total. The van der Waals surface area contributed by atoms with Crippen LogP contribution in [-0.2, 0) is 5.41 Å². The normalized spacial score (nSPS) is 13.8. The molecular formula is C24H18IN3. The Hall–Kier alpha value is -2.60. The van der Waals surface area contributed by atoms with Gasteiger partial charge in [0.25, 0.3) is 0 Å². The van der Waals surface area contributed by atoms with Gasteiger partial charge in [-0.25, -0.2) is 15.0 Å². The smallest absolute Gasteiger partial charge is 0.194 e. The second-order valence-electron chi connectivity index (χ2n) is 7.55. The topological polar surface area (TPSA) is 38.7 Å². The lowest BCUT2D eigenvalue weighted by atomic mass is 9.82. The summed E-state index contributed by atoms with van der Waals surface area (Å²) in [6, 6.07) is 25.3. The van der Waals surface area contributed by atoms with Gasteiger partial charge < -0.3 is 0 Å². The quantitative estimate of drug-likeness (QED) is 0.328. The second kappa shape index (κ2) is 6.48. The van der Waals surface area contributed by atoms with Crippen LogP contribution in [0.25, 0.3) is 33.9 Å². The largest absolute Gasteiger partial charge is 0.208 e. The number of fused-ring (bicyclic) bond motifs is 3. The molecule has 0 fully saturated rings. The van der Waals surface area contributed by atoms with Crippen molar-refractivity contribution in [2.24, 2.45) is 0 Å². The summed E-state index contributed by atoms with van der Waals surface area (Å²) in [5.41, 5.74) is 7.31. The molecule has 3 aromatic carbocycles. The second-order valence-corrected chi connectivity index (χ2v) is 8.51.